The molecule has 1 fully saturated rings. The maximum atomic E-state index is 12.4. The van der Waals surface area contributed by atoms with Crippen molar-refractivity contribution in [2.24, 2.45) is 5.92 Å². The molecule has 0 unspecified atom stereocenters. The maximum absolute atomic E-state index is 12.4. The number of ether oxygens (including phenoxy) is 3. The van der Waals surface area contributed by atoms with Crippen LogP contribution in [0.2, 0.25) is 0 Å². The first-order valence-electron chi connectivity index (χ1n) is 9.47. The van der Waals surface area contributed by atoms with Crippen LogP contribution in [0, 0.1) is 5.92 Å². The molecule has 1 aliphatic carbocycles. The minimum Gasteiger partial charge on any atom is -0.461 e. The van der Waals surface area contributed by atoms with Crippen LogP contribution in [0.4, 0.5) is 0 Å². The van der Waals surface area contributed by atoms with Crippen LogP contribution in [0.25, 0.3) is 0 Å². The summed E-state index contributed by atoms with van der Waals surface area (Å²) in [5, 5.41) is 19.3. The van der Waals surface area contributed by atoms with Crippen molar-refractivity contribution in [1.29, 1.82) is 0 Å². The highest BCUT2D eigenvalue weighted by Crippen LogP contribution is 2.37. The van der Waals surface area contributed by atoms with E-state index in [0.29, 0.717) is 24.8 Å². The molecule has 2 aliphatic rings. The molecule has 0 aromatic rings. The highest BCUT2D eigenvalue weighted by atomic mass is 16.6. The summed E-state index contributed by atoms with van der Waals surface area (Å²) >= 11 is 0. The van der Waals surface area contributed by atoms with Gasteiger partial charge in [-0.15, -0.1) is 0 Å². The van der Waals surface area contributed by atoms with Gasteiger partial charge in [0.2, 0.25) is 0 Å². The Morgan fingerprint density at radius 1 is 1.41 bits per heavy atom. The second-order valence-corrected chi connectivity index (χ2v) is 7.70. The lowest BCUT2D eigenvalue weighted by Crippen LogP contribution is -2.44. The standard InChI is InChI=1S/C21H28O8/c1-12-6-5-7-15(10-27-14(3)23)9-17(29-20(25)21(4,26)11-22)18-13(2)19(24)28-16(18)8-12/h6,9,16-18,22,26H,2,5,7-8,10-11H2,1,3-4H3/b12-6-,15-9+/t16-,17-,18+,21+/m1/s1. The molecule has 0 amide bonds. The van der Waals surface area contributed by atoms with E-state index in [1.54, 1.807) is 6.08 Å². The molecule has 0 aromatic heterocycles. The van der Waals surface area contributed by atoms with Gasteiger partial charge in [0, 0.05) is 18.9 Å². The highest BCUT2D eigenvalue weighted by Gasteiger charge is 2.46. The molecule has 0 saturated carbocycles. The molecule has 8 heteroatoms. The molecule has 2 N–H and O–H groups in total. The van der Waals surface area contributed by atoms with Crippen molar-refractivity contribution in [3.63, 3.8) is 0 Å². The van der Waals surface area contributed by atoms with Crippen molar-refractivity contribution in [1.82, 2.24) is 0 Å². The van der Waals surface area contributed by atoms with Gasteiger partial charge in [0.1, 0.15) is 18.8 Å². The van der Waals surface area contributed by atoms with Gasteiger partial charge in [-0.05, 0) is 38.3 Å². The SMILES string of the molecule is C=C1C(=O)O[C@@H]2C/C(C)=C\CC/C(COC(C)=O)=C\[C@@H](OC(=O)[C@@](C)(O)CO)[C@@H]12. The molecule has 0 aromatic carbocycles. The fourth-order valence-electron chi connectivity index (χ4n) is 3.29. The van der Waals surface area contributed by atoms with Gasteiger partial charge >= 0.3 is 17.9 Å². The third-order valence-electron chi connectivity index (χ3n) is 5.01. The molecule has 2 rings (SSSR count). The molecule has 1 saturated heterocycles. The summed E-state index contributed by atoms with van der Waals surface area (Å²) in [6, 6.07) is 0. The summed E-state index contributed by atoms with van der Waals surface area (Å²) in [7, 11) is 0. The monoisotopic (exact) mass is 408 g/mol. The number of carbonyl (C=O) groups excluding carboxylic acids is 3. The Bertz CT molecular complexity index is 746. The molecule has 8 nitrogen and oxygen atoms in total. The van der Waals surface area contributed by atoms with E-state index in [4.69, 9.17) is 14.2 Å². The van der Waals surface area contributed by atoms with E-state index in [-0.39, 0.29) is 12.2 Å². The Hall–Kier alpha value is -2.45. The number of esters is 3. The van der Waals surface area contributed by atoms with Crippen LogP contribution < -0.4 is 0 Å². The number of aliphatic hydroxyl groups is 2. The molecule has 29 heavy (non-hydrogen) atoms. The van der Waals surface area contributed by atoms with Crippen molar-refractivity contribution in [2.45, 2.75) is 57.8 Å². The lowest BCUT2D eigenvalue weighted by Gasteiger charge is -2.29. The lowest BCUT2D eigenvalue weighted by atomic mass is 9.85. The van der Waals surface area contributed by atoms with Gasteiger partial charge in [0.25, 0.3) is 0 Å². The summed E-state index contributed by atoms with van der Waals surface area (Å²) in [5.41, 5.74) is -0.245. The first-order chi connectivity index (χ1) is 13.5. The summed E-state index contributed by atoms with van der Waals surface area (Å²) in [5.74, 6) is -2.73. The molecule has 4 atom stereocenters. The first-order valence-corrected chi connectivity index (χ1v) is 9.47. The fraction of sp³-hybridized carbons (Fsp3) is 0.571. The van der Waals surface area contributed by atoms with Gasteiger partial charge in [-0.1, -0.05) is 18.2 Å². The van der Waals surface area contributed by atoms with Gasteiger partial charge < -0.3 is 24.4 Å². The molecule has 0 bridgehead atoms. The van der Waals surface area contributed by atoms with Crippen LogP contribution in [0.1, 0.15) is 40.0 Å². The Labute approximate surface area is 169 Å². The number of aliphatic hydroxyl groups excluding tert-OH is 1. The minimum atomic E-state index is -2.10. The maximum Gasteiger partial charge on any atom is 0.340 e. The predicted molar refractivity (Wildman–Crippen MR) is 102 cm³/mol. The second-order valence-electron chi connectivity index (χ2n) is 7.70. The molecule has 160 valence electrons. The molecule has 1 aliphatic heterocycles. The van der Waals surface area contributed by atoms with Crippen LogP contribution in [0.3, 0.4) is 0 Å². The van der Waals surface area contributed by atoms with Crippen LogP contribution >= 0.6 is 0 Å². The van der Waals surface area contributed by atoms with E-state index in [0.717, 1.165) is 12.5 Å². The average molecular weight is 408 g/mol. The normalized spacial score (nSPS) is 30.6. The van der Waals surface area contributed by atoms with E-state index < -0.39 is 48.2 Å². The summed E-state index contributed by atoms with van der Waals surface area (Å²) in [6.07, 6.45) is 3.73. The summed E-state index contributed by atoms with van der Waals surface area (Å²) in [6.45, 7) is 7.32. The third kappa shape index (κ3) is 5.77. The van der Waals surface area contributed by atoms with E-state index in [2.05, 4.69) is 6.58 Å². The molecule has 0 spiro atoms. The van der Waals surface area contributed by atoms with Crippen molar-refractivity contribution in [3.8, 4) is 0 Å². The Kier molecular flexibility index (Phi) is 7.37. The Morgan fingerprint density at radius 3 is 2.72 bits per heavy atom. The highest BCUT2D eigenvalue weighted by molar-refractivity contribution is 5.91. The van der Waals surface area contributed by atoms with Gasteiger partial charge in [-0.2, -0.15) is 0 Å². The van der Waals surface area contributed by atoms with E-state index in [9.17, 15) is 24.6 Å². The first kappa shape index (κ1) is 22.8. The molecule has 1 heterocycles. The molecular weight excluding hydrogens is 380 g/mol. The Morgan fingerprint density at radius 2 is 2.10 bits per heavy atom. The largest absolute Gasteiger partial charge is 0.461 e. The molecule has 0 radical (unpaired) electrons. The summed E-state index contributed by atoms with van der Waals surface area (Å²) in [4.78, 5) is 35.8. The zero-order valence-electron chi connectivity index (χ0n) is 17.0. The Balaban J connectivity index is 2.44. The van der Waals surface area contributed by atoms with Crippen LogP contribution in [0.5, 0.6) is 0 Å². The van der Waals surface area contributed by atoms with Crippen molar-refractivity contribution in [2.75, 3.05) is 13.2 Å². The van der Waals surface area contributed by atoms with Crippen LogP contribution in [-0.2, 0) is 28.6 Å². The van der Waals surface area contributed by atoms with Crippen LogP contribution in [-0.4, -0.2) is 59.1 Å². The third-order valence-corrected chi connectivity index (χ3v) is 5.01. The topological polar surface area (TPSA) is 119 Å². The lowest BCUT2D eigenvalue weighted by molar-refractivity contribution is -0.173. The zero-order chi connectivity index (χ0) is 21.8. The van der Waals surface area contributed by atoms with Crippen LogP contribution in [0.15, 0.2) is 35.5 Å². The average Bonchev–Trinajstić information content (AvgIpc) is 2.91. The number of rotatable bonds is 5. The smallest absolute Gasteiger partial charge is 0.340 e. The van der Waals surface area contributed by atoms with E-state index in [1.165, 1.54) is 6.92 Å². The number of fused-ring (bicyclic) bond motifs is 1. The zero-order valence-corrected chi connectivity index (χ0v) is 17.0. The van der Waals surface area contributed by atoms with Crippen molar-refractivity contribution >= 4 is 17.9 Å². The quantitative estimate of drug-likeness (QED) is 0.303. The van der Waals surface area contributed by atoms with E-state index in [1.807, 2.05) is 13.0 Å². The number of allylic oxidation sites excluding steroid dienone is 1. The fourth-order valence-corrected chi connectivity index (χ4v) is 3.29. The number of hydrogen-bond acceptors (Lipinski definition) is 8. The predicted octanol–water partition coefficient (Wildman–Crippen LogP) is 1.36. The number of carbonyl (C=O) groups is 3. The minimum absolute atomic E-state index is 0.00529. The number of hydrogen-bond donors (Lipinski definition) is 2. The van der Waals surface area contributed by atoms with E-state index >= 15 is 0 Å². The summed E-state index contributed by atoms with van der Waals surface area (Å²) < 4.78 is 16.0. The van der Waals surface area contributed by atoms with Crippen molar-refractivity contribution < 1.29 is 38.8 Å². The molecular formula is C21H28O8. The van der Waals surface area contributed by atoms with Gasteiger partial charge in [0.05, 0.1) is 12.5 Å². The van der Waals surface area contributed by atoms with Gasteiger partial charge in [-0.3, -0.25) is 4.79 Å². The van der Waals surface area contributed by atoms with Gasteiger partial charge in [0.15, 0.2) is 5.60 Å². The second kappa shape index (κ2) is 9.37. The van der Waals surface area contributed by atoms with Gasteiger partial charge in [-0.25, -0.2) is 9.59 Å². The van der Waals surface area contributed by atoms with Crippen molar-refractivity contribution in [3.05, 3.63) is 35.5 Å².